The number of hydrogen-bond donors (Lipinski definition) is 0. The Hall–Kier alpha value is -1.96. The maximum Gasteiger partial charge on any atom is 0.254 e. The molecule has 1 aliphatic carbocycles. The van der Waals surface area contributed by atoms with E-state index in [1.165, 1.54) is 28.6 Å². The molecule has 160 valence electrons. The minimum atomic E-state index is -3.64. The average Bonchev–Trinajstić information content (AvgIpc) is 3.59. The third kappa shape index (κ3) is 4.38. The van der Waals surface area contributed by atoms with Crippen LogP contribution in [-0.2, 0) is 16.6 Å². The molecule has 4 rings (SSSR count). The van der Waals surface area contributed by atoms with Crippen molar-refractivity contribution in [2.75, 3.05) is 13.1 Å². The molecule has 30 heavy (non-hydrogen) atoms. The first kappa shape index (κ1) is 21.3. The van der Waals surface area contributed by atoms with Crippen molar-refractivity contribution in [3.8, 4) is 0 Å². The van der Waals surface area contributed by atoms with Crippen LogP contribution < -0.4 is 0 Å². The Kier molecular flexibility index (Phi) is 6.14. The van der Waals surface area contributed by atoms with E-state index in [1.54, 1.807) is 23.1 Å². The predicted octanol–water partition coefficient (Wildman–Crippen LogP) is 4.46. The number of rotatable bonds is 6. The zero-order valence-electron chi connectivity index (χ0n) is 16.6. The van der Waals surface area contributed by atoms with E-state index < -0.39 is 15.8 Å². The van der Waals surface area contributed by atoms with Crippen LogP contribution in [0.5, 0.6) is 0 Å². The number of benzene rings is 2. The highest BCUT2D eigenvalue weighted by Gasteiger charge is 2.35. The number of halogens is 2. The van der Waals surface area contributed by atoms with Crippen LogP contribution in [0.25, 0.3) is 0 Å². The monoisotopic (exact) mass is 450 g/mol. The maximum absolute atomic E-state index is 14.3. The van der Waals surface area contributed by atoms with Gasteiger partial charge in [-0.25, -0.2) is 12.8 Å². The molecule has 0 radical (unpaired) electrons. The first-order valence-electron chi connectivity index (χ1n) is 10.2. The fourth-order valence-electron chi connectivity index (χ4n) is 3.82. The first-order chi connectivity index (χ1) is 14.4. The van der Waals surface area contributed by atoms with Crippen molar-refractivity contribution in [3.63, 3.8) is 0 Å². The van der Waals surface area contributed by atoms with Crippen LogP contribution in [0.2, 0.25) is 5.02 Å². The van der Waals surface area contributed by atoms with Crippen LogP contribution in [0.15, 0.2) is 47.4 Å². The van der Waals surface area contributed by atoms with E-state index in [2.05, 4.69) is 0 Å². The predicted molar refractivity (Wildman–Crippen MR) is 113 cm³/mol. The van der Waals surface area contributed by atoms with Crippen molar-refractivity contribution in [3.05, 3.63) is 64.4 Å². The van der Waals surface area contributed by atoms with Gasteiger partial charge in [-0.05, 0) is 56.0 Å². The van der Waals surface area contributed by atoms with Gasteiger partial charge in [-0.3, -0.25) is 4.79 Å². The highest BCUT2D eigenvalue weighted by atomic mass is 35.5. The first-order valence-corrected chi connectivity index (χ1v) is 12.0. The molecule has 0 unspecified atom stereocenters. The Labute approximate surface area is 181 Å². The molecule has 0 spiro atoms. The van der Waals surface area contributed by atoms with Crippen LogP contribution in [-0.4, -0.2) is 42.7 Å². The van der Waals surface area contributed by atoms with E-state index in [-0.39, 0.29) is 39.5 Å². The van der Waals surface area contributed by atoms with E-state index in [9.17, 15) is 17.6 Å². The third-order valence-electron chi connectivity index (χ3n) is 5.67. The highest BCUT2D eigenvalue weighted by Crippen LogP contribution is 2.32. The minimum Gasteiger partial charge on any atom is -0.331 e. The summed E-state index contributed by atoms with van der Waals surface area (Å²) in [6.07, 6.45) is 4.39. The summed E-state index contributed by atoms with van der Waals surface area (Å²) < 4.78 is 41.7. The molecule has 0 N–H and O–H groups in total. The van der Waals surface area contributed by atoms with Gasteiger partial charge in [0.05, 0.1) is 11.4 Å². The van der Waals surface area contributed by atoms with Gasteiger partial charge in [-0.2, -0.15) is 4.31 Å². The fraction of sp³-hybridized carbons (Fsp3) is 0.409. The summed E-state index contributed by atoms with van der Waals surface area (Å²) in [5.74, 6) is -0.769. The van der Waals surface area contributed by atoms with Gasteiger partial charge in [0, 0.05) is 35.3 Å². The lowest BCUT2D eigenvalue weighted by Crippen LogP contribution is -2.36. The number of piperidine rings is 1. The Bertz CT molecular complexity index is 1030. The summed E-state index contributed by atoms with van der Waals surface area (Å²) in [5, 5.41) is 0.273. The number of sulfonamides is 1. The van der Waals surface area contributed by atoms with E-state index in [1.807, 2.05) is 0 Å². The molecule has 2 aromatic rings. The molecular formula is C22H24ClFN2O3S. The lowest BCUT2D eigenvalue weighted by Gasteiger charge is -2.26. The van der Waals surface area contributed by atoms with E-state index in [4.69, 9.17) is 11.6 Å². The van der Waals surface area contributed by atoms with E-state index in [0.29, 0.717) is 13.1 Å². The van der Waals surface area contributed by atoms with Crippen LogP contribution in [0.4, 0.5) is 4.39 Å². The molecule has 0 bridgehead atoms. The van der Waals surface area contributed by atoms with Crippen molar-refractivity contribution < 1.29 is 17.6 Å². The smallest absolute Gasteiger partial charge is 0.254 e. The highest BCUT2D eigenvalue weighted by molar-refractivity contribution is 7.89. The Morgan fingerprint density at radius 3 is 2.47 bits per heavy atom. The van der Waals surface area contributed by atoms with Gasteiger partial charge in [0.1, 0.15) is 5.82 Å². The van der Waals surface area contributed by atoms with Gasteiger partial charge in [-0.15, -0.1) is 0 Å². The summed E-state index contributed by atoms with van der Waals surface area (Å²) in [7, 11) is -3.64. The quantitative estimate of drug-likeness (QED) is 0.653. The van der Waals surface area contributed by atoms with Gasteiger partial charge in [0.2, 0.25) is 10.0 Å². The van der Waals surface area contributed by atoms with Gasteiger partial charge < -0.3 is 4.90 Å². The van der Waals surface area contributed by atoms with Crippen molar-refractivity contribution in [2.45, 2.75) is 49.6 Å². The fourth-order valence-corrected chi connectivity index (χ4v) is 5.60. The average molecular weight is 451 g/mol. The molecule has 1 aliphatic heterocycles. The van der Waals surface area contributed by atoms with Crippen molar-refractivity contribution in [1.29, 1.82) is 0 Å². The van der Waals surface area contributed by atoms with Crippen LogP contribution >= 0.6 is 11.6 Å². The van der Waals surface area contributed by atoms with Gasteiger partial charge in [-0.1, -0.05) is 30.2 Å². The second-order valence-corrected chi connectivity index (χ2v) is 10.2. The lowest BCUT2D eigenvalue weighted by molar-refractivity contribution is 0.0728. The molecule has 8 heteroatoms. The summed E-state index contributed by atoms with van der Waals surface area (Å²) in [5.41, 5.74) is 0.559. The van der Waals surface area contributed by atoms with Gasteiger partial charge in [0.25, 0.3) is 5.91 Å². The number of nitrogens with zero attached hydrogens (tertiary/aromatic N) is 2. The van der Waals surface area contributed by atoms with Crippen molar-refractivity contribution in [2.24, 2.45) is 0 Å². The Morgan fingerprint density at radius 1 is 1.10 bits per heavy atom. The summed E-state index contributed by atoms with van der Waals surface area (Å²) in [6, 6.07) is 10.6. The lowest BCUT2D eigenvalue weighted by atomic mass is 10.1. The summed E-state index contributed by atoms with van der Waals surface area (Å²) in [6.45, 7) is 1.05. The largest absolute Gasteiger partial charge is 0.331 e. The molecule has 2 aromatic carbocycles. The molecule has 1 heterocycles. The molecule has 2 fully saturated rings. The summed E-state index contributed by atoms with van der Waals surface area (Å²) >= 11 is 6.16. The zero-order chi connectivity index (χ0) is 21.3. The molecule has 0 atom stereocenters. The second-order valence-electron chi connectivity index (χ2n) is 7.86. The molecular weight excluding hydrogens is 427 g/mol. The van der Waals surface area contributed by atoms with Crippen LogP contribution in [0.3, 0.4) is 0 Å². The zero-order valence-corrected chi connectivity index (χ0v) is 18.1. The van der Waals surface area contributed by atoms with E-state index in [0.717, 1.165) is 32.1 Å². The molecule has 0 aromatic heterocycles. The number of carbonyl (C=O) groups is 1. The minimum absolute atomic E-state index is 0.00975. The molecule has 1 saturated carbocycles. The number of carbonyl (C=O) groups excluding carboxylic acids is 1. The molecule has 1 saturated heterocycles. The second kappa shape index (κ2) is 8.65. The third-order valence-corrected chi connectivity index (χ3v) is 7.92. The number of amides is 1. The van der Waals surface area contributed by atoms with Gasteiger partial charge >= 0.3 is 0 Å². The van der Waals surface area contributed by atoms with E-state index >= 15 is 0 Å². The standard InChI is InChI=1S/C22H24ClFN2O3S/c23-20-8-5-9-21(24)19(20)15-26(17-10-11-17)22(27)16-6-4-7-18(14-16)30(28,29)25-12-2-1-3-13-25/h4-9,14,17H,1-3,10-13,15H2. The van der Waals surface area contributed by atoms with Crippen LogP contribution in [0, 0.1) is 5.82 Å². The molecule has 5 nitrogen and oxygen atoms in total. The van der Waals surface area contributed by atoms with Crippen LogP contribution in [0.1, 0.15) is 48.0 Å². The van der Waals surface area contributed by atoms with Gasteiger partial charge in [0.15, 0.2) is 0 Å². The summed E-state index contributed by atoms with van der Waals surface area (Å²) in [4.78, 5) is 15.0. The number of hydrogen-bond acceptors (Lipinski definition) is 3. The van der Waals surface area contributed by atoms with Crippen molar-refractivity contribution >= 4 is 27.5 Å². The Morgan fingerprint density at radius 2 is 1.80 bits per heavy atom. The maximum atomic E-state index is 14.3. The SMILES string of the molecule is O=C(c1cccc(S(=O)(=O)N2CCCCC2)c1)N(Cc1c(F)cccc1Cl)C1CC1. The molecule has 2 aliphatic rings. The normalized spacial score (nSPS) is 17.7. The topological polar surface area (TPSA) is 57.7 Å². The Balaban J connectivity index is 1.61. The van der Waals surface area contributed by atoms with Crippen molar-refractivity contribution in [1.82, 2.24) is 9.21 Å². The molecule has 1 amide bonds.